The summed E-state index contributed by atoms with van der Waals surface area (Å²) in [7, 11) is 0. The van der Waals surface area contributed by atoms with Crippen LogP contribution in [0.2, 0.25) is 0 Å². The zero-order chi connectivity index (χ0) is 13.9. The Hall–Kier alpha value is -1.06. The molecule has 20 heavy (non-hydrogen) atoms. The Morgan fingerprint density at radius 3 is 2.55 bits per heavy atom. The van der Waals surface area contributed by atoms with Crippen molar-refractivity contribution in [2.45, 2.75) is 51.4 Å². The monoisotopic (exact) mass is 278 g/mol. The number of rotatable bonds is 3. The smallest absolute Gasteiger partial charge is 0.224 e. The molecule has 0 aromatic carbocycles. The Labute approximate surface area is 121 Å². The molecule has 2 saturated heterocycles. The van der Waals surface area contributed by atoms with Crippen molar-refractivity contribution in [3.63, 3.8) is 0 Å². The van der Waals surface area contributed by atoms with Crippen LogP contribution in [0.1, 0.15) is 51.4 Å². The fourth-order valence-electron chi connectivity index (χ4n) is 4.12. The van der Waals surface area contributed by atoms with E-state index < -0.39 is 0 Å². The van der Waals surface area contributed by atoms with E-state index in [0.717, 1.165) is 44.3 Å². The summed E-state index contributed by atoms with van der Waals surface area (Å²) in [5, 5.41) is 0. The van der Waals surface area contributed by atoms with E-state index in [2.05, 4.69) is 4.90 Å². The van der Waals surface area contributed by atoms with Gasteiger partial charge in [-0.2, -0.15) is 0 Å². The maximum absolute atomic E-state index is 12.4. The van der Waals surface area contributed by atoms with Crippen molar-refractivity contribution in [1.82, 2.24) is 9.80 Å². The highest BCUT2D eigenvalue weighted by Gasteiger charge is 2.32. The van der Waals surface area contributed by atoms with Gasteiger partial charge in [0, 0.05) is 39.0 Å². The van der Waals surface area contributed by atoms with E-state index >= 15 is 0 Å². The summed E-state index contributed by atoms with van der Waals surface area (Å²) in [6, 6.07) is 0. The molecule has 1 aliphatic carbocycles. The van der Waals surface area contributed by atoms with Crippen molar-refractivity contribution in [2.75, 3.05) is 26.2 Å². The second-order valence-corrected chi connectivity index (χ2v) is 6.79. The van der Waals surface area contributed by atoms with Gasteiger partial charge in [-0.05, 0) is 43.9 Å². The number of carbonyl (C=O) groups is 2. The van der Waals surface area contributed by atoms with Gasteiger partial charge in [0.15, 0.2) is 0 Å². The summed E-state index contributed by atoms with van der Waals surface area (Å²) in [4.78, 5) is 28.1. The van der Waals surface area contributed by atoms with Gasteiger partial charge in [-0.15, -0.1) is 0 Å². The molecule has 2 aliphatic heterocycles. The first-order valence-corrected chi connectivity index (χ1v) is 8.28. The lowest BCUT2D eigenvalue weighted by Crippen LogP contribution is -2.47. The lowest BCUT2D eigenvalue weighted by Gasteiger charge is -2.41. The van der Waals surface area contributed by atoms with Crippen LogP contribution in [-0.4, -0.2) is 47.8 Å². The average molecular weight is 278 g/mol. The third-order valence-electron chi connectivity index (χ3n) is 5.22. The molecule has 2 amide bonds. The Kier molecular flexibility index (Phi) is 4.27. The zero-order valence-corrected chi connectivity index (χ0v) is 12.4. The van der Waals surface area contributed by atoms with Crippen molar-refractivity contribution < 1.29 is 9.59 Å². The molecule has 112 valence electrons. The molecule has 0 spiro atoms. The first-order valence-electron chi connectivity index (χ1n) is 8.28. The number of likely N-dealkylation sites (tertiary alicyclic amines) is 2. The molecule has 4 nitrogen and oxygen atoms in total. The van der Waals surface area contributed by atoms with Crippen LogP contribution < -0.4 is 0 Å². The molecule has 3 rings (SSSR count). The summed E-state index contributed by atoms with van der Waals surface area (Å²) < 4.78 is 0. The second-order valence-electron chi connectivity index (χ2n) is 6.79. The molecule has 1 saturated carbocycles. The molecule has 0 N–H and O–H groups in total. The van der Waals surface area contributed by atoms with Crippen LogP contribution in [0.15, 0.2) is 0 Å². The fourth-order valence-corrected chi connectivity index (χ4v) is 4.12. The van der Waals surface area contributed by atoms with E-state index in [1.807, 2.05) is 4.90 Å². The number of hydrogen-bond donors (Lipinski definition) is 0. The van der Waals surface area contributed by atoms with E-state index in [4.69, 9.17) is 0 Å². The van der Waals surface area contributed by atoms with E-state index in [1.165, 1.54) is 25.7 Å². The van der Waals surface area contributed by atoms with Gasteiger partial charge in [-0.1, -0.05) is 6.42 Å². The molecule has 3 aliphatic rings. The van der Waals surface area contributed by atoms with Gasteiger partial charge in [0.25, 0.3) is 0 Å². The van der Waals surface area contributed by atoms with Crippen molar-refractivity contribution in [3.05, 3.63) is 0 Å². The van der Waals surface area contributed by atoms with Gasteiger partial charge in [-0.25, -0.2) is 0 Å². The van der Waals surface area contributed by atoms with Crippen LogP contribution in [0.25, 0.3) is 0 Å². The van der Waals surface area contributed by atoms with E-state index in [1.54, 1.807) is 0 Å². The molecular weight excluding hydrogens is 252 g/mol. The van der Waals surface area contributed by atoms with Gasteiger partial charge >= 0.3 is 0 Å². The first-order chi connectivity index (χ1) is 9.72. The van der Waals surface area contributed by atoms with Gasteiger partial charge in [-0.3, -0.25) is 9.59 Å². The number of fused-ring (bicyclic) bond motifs is 2. The largest absolute Gasteiger partial charge is 0.342 e. The van der Waals surface area contributed by atoms with E-state index in [0.29, 0.717) is 19.4 Å². The Morgan fingerprint density at radius 2 is 1.85 bits per heavy atom. The van der Waals surface area contributed by atoms with E-state index in [9.17, 15) is 9.59 Å². The highest BCUT2D eigenvalue weighted by Crippen LogP contribution is 2.34. The lowest BCUT2D eigenvalue weighted by atomic mass is 9.78. The molecule has 2 atom stereocenters. The predicted molar refractivity (Wildman–Crippen MR) is 77.1 cm³/mol. The second kappa shape index (κ2) is 6.15. The predicted octanol–water partition coefficient (Wildman–Crippen LogP) is 2.04. The minimum absolute atomic E-state index is 0.236. The highest BCUT2D eigenvalue weighted by molar-refractivity contribution is 5.79. The summed E-state index contributed by atoms with van der Waals surface area (Å²) in [5.41, 5.74) is 0. The minimum Gasteiger partial charge on any atom is -0.342 e. The molecule has 2 unspecified atom stereocenters. The molecular formula is C16H26N2O2. The Morgan fingerprint density at radius 1 is 1.10 bits per heavy atom. The summed E-state index contributed by atoms with van der Waals surface area (Å²) in [6.45, 7) is 3.40. The maximum atomic E-state index is 12.4. The van der Waals surface area contributed by atoms with Crippen LogP contribution in [0, 0.1) is 11.8 Å². The third-order valence-corrected chi connectivity index (χ3v) is 5.22. The van der Waals surface area contributed by atoms with Crippen molar-refractivity contribution >= 4 is 11.8 Å². The van der Waals surface area contributed by atoms with Gasteiger partial charge in [0.1, 0.15) is 0 Å². The maximum Gasteiger partial charge on any atom is 0.224 e. The molecule has 4 heteroatoms. The van der Waals surface area contributed by atoms with E-state index in [-0.39, 0.29) is 11.8 Å². The quantitative estimate of drug-likeness (QED) is 0.792. The Balaban J connectivity index is 1.48. The highest BCUT2D eigenvalue weighted by atomic mass is 16.2. The lowest BCUT2D eigenvalue weighted by molar-refractivity contribution is -0.137. The number of hydrogen-bond acceptors (Lipinski definition) is 2. The van der Waals surface area contributed by atoms with Crippen molar-refractivity contribution in [2.24, 2.45) is 11.8 Å². The summed E-state index contributed by atoms with van der Waals surface area (Å²) in [6.07, 6.45) is 8.56. The average Bonchev–Trinajstić information content (AvgIpc) is 2.45. The van der Waals surface area contributed by atoms with Gasteiger partial charge in [0.2, 0.25) is 11.8 Å². The first kappa shape index (κ1) is 13.9. The number of piperidine rings is 2. The summed E-state index contributed by atoms with van der Waals surface area (Å²) >= 11 is 0. The fraction of sp³-hybridized carbons (Fsp3) is 0.875. The third kappa shape index (κ3) is 3.15. The molecule has 0 aromatic rings. The van der Waals surface area contributed by atoms with Crippen LogP contribution in [0.3, 0.4) is 0 Å². The van der Waals surface area contributed by atoms with Crippen LogP contribution in [-0.2, 0) is 9.59 Å². The molecule has 2 heterocycles. The topological polar surface area (TPSA) is 40.6 Å². The normalized spacial score (nSPS) is 30.5. The number of amides is 2. The van der Waals surface area contributed by atoms with Crippen LogP contribution in [0.5, 0.6) is 0 Å². The standard InChI is InChI=1S/C16H26N2O2/c19-15-6-1-2-8-17(15)9-7-16(20)18-11-13-4-3-5-14(10-13)12-18/h13-14H,1-12H2. The zero-order valence-electron chi connectivity index (χ0n) is 12.4. The van der Waals surface area contributed by atoms with Crippen LogP contribution in [0.4, 0.5) is 0 Å². The minimum atomic E-state index is 0.236. The molecule has 0 aromatic heterocycles. The number of carbonyl (C=O) groups excluding carboxylic acids is 2. The molecule has 2 bridgehead atoms. The Bertz CT molecular complexity index is 371. The van der Waals surface area contributed by atoms with Crippen molar-refractivity contribution in [3.8, 4) is 0 Å². The van der Waals surface area contributed by atoms with Gasteiger partial charge < -0.3 is 9.80 Å². The molecule has 3 fully saturated rings. The number of nitrogens with zero attached hydrogens (tertiary/aromatic N) is 2. The SMILES string of the molecule is O=C1CCCCN1CCC(=O)N1CC2CCCC(C2)C1. The van der Waals surface area contributed by atoms with Crippen LogP contribution >= 0.6 is 0 Å². The van der Waals surface area contributed by atoms with Gasteiger partial charge in [0.05, 0.1) is 0 Å². The molecule has 0 radical (unpaired) electrons. The summed E-state index contributed by atoms with van der Waals surface area (Å²) in [5.74, 6) is 1.98. The van der Waals surface area contributed by atoms with Crippen molar-refractivity contribution in [1.29, 1.82) is 0 Å².